The molecule has 82 valence electrons. The zero-order valence-electron chi connectivity index (χ0n) is 6.74. The van der Waals surface area contributed by atoms with E-state index in [2.05, 4.69) is 10.3 Å². The first-order chi connectivity index (χ1) is 6.80. The van der Waals surface area contributed by atoms with Crippen LogP contribution in [-0.4, -0.2) is 19.6 Å². The predicted molar refractivity (Wildman–Crippen MR) is 57.7 cm³/mol. The molecule has 0 aliphatic carbocycles. The Kier molecular flexibility index (Phi) is 3.72. The van der Waals surface area contributed by atoms with Crippen LogP contribution in [0.4, 0.5) is 10.1 Å². The minimum Gasteiger partial charge on any atom is -0.298 e. The summed E-state index contributed by atoms with van der Waals surface area (Å²) in [6, 6.07) is 0. The fraction of sp³-hybridized carbons (Fsp3) is 0.200. The molecule has 1 aromatic heterocycles. The van der Waals surface area contributed by atoms with Crippen molar-refractivity contribution in [2.45, 2.75) is 3.79 Å². The van der Waals surface area contributed by atoms with Crippen LogP contribution in [0.5, 0.6) is 0 Å². The minimum absolute atomic E-state index is 0.00183. The molecule has 0 radical (unpaired) electrons. The molecule has 1 aromatic rings. The summed E-state index contributed by atoms with van der Waals surface area (Å²) in [7, 11) is 0. The van der Waals surface area contributed by atoms with Gasteiger partial charge in [0.2, 0.25) is 0 Å². The summed E-state index contributed by atoms with van der Waals surface area (Å²) in [5, 5.41) is 12.2. The maximum Gasteiger partial charge on any atom is 0.345 e. The van der Waals surface area contributed by atoms with Gasteiger partial charge in [0.1, 0.15) is 6.20 Å². The number of rotatable bonds is 2. The highest BCUT2D eigenvalue weighted by Crippen LogP contribution is 2.30. The molecule has 0 atom stereocenters. The maximum atomic E-state index is 11.1. The van der Waals surface area contributed by atoms with E-state index in [1.54, 1.807) is 0 Å². The number of nitrogens with one attached hydrogen (secondary N) is 1. The van der Waals surface area contributed by atoms with Crippen LogP contribution < -0.4 is 5.32 Å². The number of thiazole rings is 1. The summed E-state index contributed by atoms with van der Waals surface area (Å²) >= 11 is 16.5. The van der Waals surface area contributed by atoms with Crippen LogP contribution in [0.3, 0.4) is 0 Å². The number of hydrogen-bond acceptors (Lipinski definition) is 5. The average molecular weight is 291 g/mol. The average Bonchev–Trinajstić information content (AvgIpc) is 2.50. The molecule has 0 aromatic carbocycles. The van der Waals surface area contributed by atoms with Crippen molar-refractivity contribution in [2.75, 3.05) is 5.32 Å². The number of halogens is 3. The Hall–Kier alpha value is -0.630. The molecule has 0 saturated heterocycles. The number of amides is 1. The molecular weight excluding hydrogens is 288 g/mol. The van der Waals surface area contributed by atoms with Gasteiger partial charge < -0.3 is 0 Å². The largest absolute Gasteiger partial charge is 0.345 e. The Labute approximate surface area is 102 Å². The first-order valence-corrected chi connectivity index (χ1v) is 5.24. The van der Waals surface area contributed by atoms with E-state index in [-0.39, 0.29) is 10.1 Å². The standard InChI is InChI=1S/C5H2Cl3N3O3S/c6-5(7,8)3(12)10-4-9-1-2(15-4)11(13)14/h1H,(H,9,10,12). The van der Waals surface area contributed by atoms with E-state index < -0.39 is 14.6 Å². The number of aromatic nitrogens is 1. The van der Waals surface area contributed by atoms with Gasteiger partial charge in [-0.3, -0.25) is 20.2 Å². The van der Waals surface area contributed by atoms with Crippen LogP contribution in [-0.2, 0) is 4.79 Å². The molecule has 0 aliphatic heterocycles. The van der Waals surface area contributed by atoms with Gasteiger partial charge in [-0.15, -0.1) is 0 Å². The lowest BCUT2D eigenvalue weighted by Crippen LogP contribution is -2.26. The van der Waals surface area contributed by atoms with Crippen LogP contribution in [0.1, 0.15) is 0 Å². The summed E-state index contributed by atoms with van der Waals surface area (Å²) in [6.45, 7) is 0. The SMILES string of the molecule is O=C(Nc1ncc([N+](=O)[O-])s1)C(Cl)(Cl)Cl. The molecule has 6 nitrogen and oxygen atoms in total. The van der Waals surface area contributed by atoms with Crippen molar-refractivity contribution in [1.29, 1.82) is 0 Å². The van der Waals surface area contributed by atoms with Crippen molar-refractivity contribution >= 4 is 62.2 Å². The second-order valence-electron chi connectivity index (χ2n) is 2.21. The molecular formula is C5H2Cl3N3O3S. The molecule has 0 bridgehead atoms. The summed E-state index contributed by atoms with van der Waals surface area (Å²) in [5.74, 6) is -0.920. The van der Waals surface area contributed by atoms with E-state index in [9.17, 15) is 14.9 Å². The fourth-order valence-electron chi connectivity index (χ4n) is 0.576. The Morgan fingerprint density at radius 3 is 2.60 bits per heavy atom. The van der Waals surface area contributed by atoms with Gasteiger partial charge in [0, 0.05) is 0 Å². The number of carbonyl (C=O) groups excluding carboxylic acids is 1. The van der Waals surface area contributed by atoms with Crippen LogP contribution in [0, 0.1) is 10.1 Å². The molecule has 0 spiro atoms. The highest BCUT2D eigenvalue weighted by atomic mass is 35.6. The molecule has 1 amide bonds. The van der Waals surface area contributed by atoms with Crippen LogP contribution in [0.25, 0.3) is 0 Å². The first kappa shape index (κ1) is 12.4. The van der Waals surface area contributed by atoms with E-state index in [0.29, 0.717) is 11.3 Å². The van der Waals surface area contributed by atoms with E-state index in [1.807, 2.05) is 0 Å². The van der Waals surface area contributed by atoms with Gasteiger partial charge in [-0.1, -0.05) is 34.8 Å². The van der Waals surface area contributed by atoms with Gasteiger partial charge in [-0.25, -0.2) is 4.98 Å². The van der Waals surface area contributed by atoms with Crippen molar-refractivity contribution < 1.29 is 9.72 Å². The second kappa shape index (κ2) is 4.48. The van der Waals surface area contributed by atoms with Crippen LogP contribution in [0.2, 0.25) is 0 Å². The third-order valence-electron chi connectivity index (χ3n) is 1.15. The Morgan fingerprint density at radius 1 is 1.60 bits per heavy atom. The summed E-state index contributed by atoms with van der Waals surface area (Å²) in [6.07, 6.45) is 0.999. The van der Waals surface area contributed by atoms with Gasteiger partial charge >= 0.3 is 5.00 Å². The number of alkyl halides is 3. The minimum atomic E-state index is -2.12. The smallest absolute Gasteiger partial charge is 0.298 e. The van der Waals surface area contributed by atoms with Crippen LogP contribution in [0.15, 0.2) is 6.20 Å². The molecule has 0 saturated carbocycles. The summed E-state index contributed by atoms with van der Waals surface area (Å²) in [4.78, 5) is 24.3. The Bertz CT molecular complexity index is 402. The van der Waals surface area contributed by atoms with Crippen molar-refractivity contribution in [3.63, 3.8) is 0 Å². The van der Waals surface area contributed by atoms with Crippen molar-refractivity contribution in [1.82, 2.24) is 4.98 Å². The van der Waals surface area contributed by atoms with Crippen molar-refractivity contribution in [3.8, 4) is 0 Å². The normalized spacial score (nSPS) is 11.1. The molecule has 0 unspecified atom stereocenters. The molecule has 0 fully saturated rings. The number of nitro groups is 1. The van der Waals surface area contributed by atoms with Crippen molar-refractivity contribution in [3.05, 3.63) is 16.3 Å². The number of nitrogens with zero attached hydrogens (tertiary/aromatic N) is 2. The lowest BCUT2D eigenvalue weighted by Gasteiger charge is -2.08. The van der Waals surface area contributed by atoms with Crippen molar-refractivity contribution in [2.24, 2.45) is 0 Å². The number of carbonyl (C=O) groups is 1. The fourth-order valence-corrected chi connectivity index (χ4v) is 1.34. The monoisotopic (exact) mass is 289 g/mol. The molecule has 1 rings (SSSR count). The van der Waals surface area contributed by atoms with Gasteiger partial charge in [0.15, 0.2) is 5.13 Å². The maximum absolute atomic E-state index is 11.1. The van der Waals surface area contributed by atoms with Gasteiger partial charge in [0.25, 0.3) is 9.70 Å². The van der Waals surface area contributed by atoms with Gasteiger partial charge in [-0.2, -0.15) is 0 Å². The van der Waals surface area contributed by atoms with E-state index in [1.165, 1.54) is 0 Å². The zero-order valence-corrected chi connectivity index (χ0v) is 9.82. The molecule has 10 heteroatoms. The van der Waals surface area contributed by atoms with Crippen LogP contribution >= 0.6 is 46.1 Å². The second-order valence-corrected chi connectivity index (χ2v) is 5.50. The molecule has 0 aliphatic rings. The van der Waals surface area contributed by atoms with E-state index in [0.717, 1.165) is 6.20 Å². The first-order valence-electron chi connectivity index (χ1n) is 3.29. The Morgan fingerprint density at radius 2 is 2.20 bits per heavy atom. The van der Waals surface area contributed by atoms with E-state index in [4.69, 9.17) is 34.8 Å². The van der Waals surface area contributed by atoms with Gasteiger partial charge in [-0.05, 0) is 11.3 Å². The topological polar surface area (TPSA) is 85.1 Å². The highest BCUT2D eigenvalue weighted by molar-refractivity contribution is 7.18. The summed E-state index contributed by atoms with van der Waals surface area (Å²) in [5.41, 5.74) is 0. The summed E-state index contributed by atoms with van der Waals surface area (Å²) < 4.78 is -2.12. The molecule has 15 heavy (non-hydrogen) atoms. The number of anilines is 1. The third-order valence-corrected chi connectivity index (χ3v) is 2.53. The molecule has 1 N–H and O–H groups in total. The number of hydrogen-bond donors (Lipinski definition) is 1. The lowest BCUT2D eigenvalue weighted by atomic mass is 10.7. The predicted octanol–water partition coefficient (Wildman–Crippen LogP) is 2.36. The highest BCUT2D eigenvalue weighted by Gasteiger charge is 2.31. The van der Waals surface area contributed by atoms with E-state index >= 15 is 0 Å². The third kappa shape index (κ3) is 3.45. The van der Waals surface area contributed by atoms with Gasteiger partial charge in [0.05, 0.1) is 4.92 Å². The molecule has 1 heterocycles. The quantitative estimate of drug-likeness (QED) is 0.515. The lowest BCUT2D eigenvalue weighted by molar-refractivity contribution is -0.380. The zero-order chi connectivity index (χ0) is 11.6. The Balaban J connectivity index is 2.74.